The Bertz CT molecular complexity index is 1110. The Hall–Kier alpha value is -4.08. The molecule has 0 unspecified atom stereocenters. The summed E-state index contributed by atoms with van der Waals surface area (Å²) in [5, 5.41) is 18.4. The van der Waals surface area contributed by atoms with Gasteiger partial charge in [-0.05, 0) is 42.8 Å². The van der Waals surface area contributed by atoms with Crippen molar-refractivity contribution in [2.75, 3.05) is 6.61 Å². The number of ether oxygens (including phenoxy) is 2. The highest BCUT2D eigenvalue weighted by Crippen LogP contribution is 2.21. The van der Waals surface area contributed by atoms with E-state index in [2.05, 4.69) is 17.1 Å². The molecular weight excluding hydrogens is 442 g/mol. The Labute approximate surface area is 196 Å². The highest BCUT2D eigenvalue weighted by atomic mass is 16.6. The van der Waals surface area contributed by atoms with Crippen molar-refractivity contribution in [2.45, 2.75) is 45.6 Å². The highest BCUT2D eigenvalue weighted by Gasteiger charge is 2.14. The van der Waals surface area contributed by atoms with E-state index in [0.29, 0.717) is 23.5 Å². The number of benzene rings is 2. The maximum absolute atomic E-state index is 12.3. The van der Waals surface area contributed by atoms with Crippen molar-refractivity contribution in [3.8, 4) is 17.2 Å². The fourth-order valence-corrected chi connectivity index (χ4v) is 3.01. The van der Waals surface area contributed by atoms with Gasteiger partial charge in [0.05, 0.1) is 18.0 Å². The van der Waals surface area contributed by atoms with Crippen LogP contribution in [-0.4, -0.2) is 33.5 Å². The second-order valence-corrected chi connectivity index (χ2v) is 7.47. The van der Waals surface area contributed by atoms with Crippen molar-refractivity contribution in [3.63, 3.8) is 0 Å². The molecule has 0 atom stereocenters. The van der Waals surface area contributed by atoms with E-state index in [1.165, 1.54) is 24.3 Å². The Morgan fingerprint density at radius 1 is 1.00 bits per heavy atom. The van der Waals surface area contributed by atoms with E-state index < -0.39 is 10.9 Å². The van der Waals surface area contributed by atoms with Gasteiger partial charge in [0.15, 0.2) is 12.4 Å². The molecule has 34 heavy (non-hydrogen) atoms. The van der Waals surface area contributed by atoms with Gasteiger partial charge in [0.25, 0.3) is 11.6 Å². The average molecular weight is 467 g/mol. The minimum absolute atomic E-state index is 0.00736. The molecule has 0 fully saturated rings. The van der Waals surface area contributed by atoms with Gasteiger partial charge < -0.3 is 13.9 Å². The van der Waals surface area contributed by atoms with Gasteiger partial charge in [-0.15, -0.1) is 10.2 Å². The van der Waals surface area contributed by atoms with Crippen LogP contribution < -0.4 is 4.74 Å². The number of carbonyl (C=O) groups excluding carboxylic acids is 2. The molecule has 0 amide bonds. The Morgan fingerprint density at radius 3 is 2.41 bits per heavy atom. The van der Waals surface area contributed by atoms with Crippen molar-refractivity contribution in [3.05, 3.63) is 70.1 Å². The lowest BCUT2D eigenvalue weighted by Crippen LogP contribution is -2.08. The van der Waals surface area contributed by atoms with Crippen LogP contribution in [0.3, 0.4) is 0 Å². The fraction of sp³-hybridized carbons (Fsp3) is 0.333. The number of Topliss-reactive ketones (excluding diaryl/α,β-unsaturated/α-hetero) is 1. The fourth-order valence-electron chi connectivity index (χ4n) is 3.01. The third kappa shape index (κ3) is 7.22. The summed E-state index contributed by atoms with van der Waals surface area (Å²) in [4.78, 5) is 34.6. The van der Waals surface area contributed by atoms with Gasteiger partial charge >= 0.3 is 5.97 Å². The number of hydrogen-bond donors (Lipinski definition) is 0. The summed E-state index contributed by atoms with van der Waals surface area (Å²) in [7, 11) is 0. The standard InChI is InChI=1S/C24H25N3O7/c1-2-3-4-15-32-20-11-7-17(8-12-20)21(28)13-14-23(29)33-16-22-25-26-24(34-22)18-5-9-19(10-6-18)27(30)31/h5-12H,2-4,13-16H2,1H3. The van der Waals surface area contributed by atoms with Gasteiger partial charge in [0.2, 0.25) is 5.89 Å². The predicted octanol–water partition coefficient (Wildman–Crippen LogP) is 4.92. The van der Waals surface area contributed by atoms with E-state index in [9.17, 15) is 19.7 Å². The first-order valence-corrected chi connectivity index (χ1v) is 10.9. The number of nitrogens with zero attached hydrogens (tertiary/aromatic N) is 3. The van der Waals surface area contributed by atoms with Crippen LogP contribution in [0.4, 0.5) is 5.69 Å². The molecule has 0 saturated carbocycles. The second-order valence-electron chi connectivity index (χ2n) is 7.47. The van der Waals surface area contributed by atoms with E-state index in [0.717, 1.165) is 19.3 Å². The SMILES string of the molecule is CCCCCOc1ccc(C(=O)CCC(=O)OCc2nnc(-c3ccc([N+](=O)[O-])cc3)o2)cc1. The zero-order valence-electron chi connectivity index (χ0n) is 18.8. The number of ketones is 1. The van der Waals surface area contributed by atoms with Crippen molar-refractivity contribution < 1.29 is 28.4 Å². The first kappa shape index (κ1) is 24.6. The number of nitro groups is 1. The van der Waals surface area contributed by atoms with Crippen LogP contribution in [0.5, 0.6) is 5.75 Å². The number of nitro benzene ring substituents is 1. The van der Waals surface area contributed by atoms with Crippen LogP contribution in [0.25, 0.3) is 11.5 Å². The molecule has 0 aliphatic carbocycles. The molecule has 1 aromatic heterocycles. The number of esters is 1. The molecule has 0 N–H and O–H groups in total. The summed E-state index contributed by atoms with van der Waals surface area (Å²) < 4.78 is 16.1. The zero-order valence-corrected chi connectivity index (χ0v) is 18.8. The Kier molecular flexibility index (Phi) is 8.84. The normalized spacial score (nSPS) is 10.6. The van der Waals surface area contributed by atoms with Crippen LogP contribution in [0.15, 0.2) is 52.9 Å². The Balaban J connectivity index is 1.41. The number of rotatable bonds is 13. The van der Waals surface area contributed by atoms with Gasteiger partial charge in [0.1, 0.15) is 5.75 Å². The third-order valence-electron chi connectivity index (χ3n) is 4.90. The smallest absolute Gasteiger partial charge is 0.306 e. The second kappa shape index (κ2) is 12.2. The molecule has 0 saturated heterocycles. The molecule has 0 aliphatic rings. The van der Waals surface area contributed by atoms with Crippen LogP contribution in [0.2, 0.25) is 0 Å². The first-order valence-electron chi connectivity index (χ1n) is 10.9. The van der Waals surface area contributed by atoms with Gasteiger partial charge in [-0.1, -0.05) is 19.8 Å². The lowest BCUT2D eigenvalue weighted by atomic mass is 10.1. The van der Waals surface area contributed by atoms with Crippen LogP contribution in [-0.2, 0) is 16.1 Å². The molecule has 0 bridgehead atoms. The van der Waals surface area contributed by atoms with E-state index in [1.807, 2.05) is 0 Å². The lowest BCUT2D eigenvalue weighted by molar-refractivity contribution is -0.384. The minimum atomic E-state index is -0.570. The topological polar surface area (TPSA) is 135 Å². The van der Waals surface area contributed by atoms with Crippen LogP contribution in [0, 0.1) is 10.1 Å². The molecule has 3 rings (SSSR count). The van der Waals surface area contributed by atoms with E-state index >= 15 is 0 Å². The number of non-ortho nitro benzene ring substituents is 1. The van der Waals surface area contributed by atoms with E-state index in [1.54, 1.807) is 24.3 Å². The third-order valence-corrected chi connectivity index (χ3v) is 4.90. The summed E-state index contributed by atoms with van der Waals surface area (Å²) in [6.45, 7) is 2.53. The van der Waals surface area contributed by atoms with Gasteiger partial charge in [-0.2, -0.15) is 0 Å². The Morgan fingerprint density at radius 2 is 1.74 bits per heavy atom. The number of unbranched alkanes of at least 4 members (excludes halogenated alkanes) is 2. The number of carbonyl (C=O) groups is 2. The molecule has 0 aliphatic heterocycles. The van der Waals surface area contributed by atoms with Crippen molar-refractivity contribution in [2.24, 2.45) is 0 Å². The average Bonchev–Trinajstić information content (AvgIpc) is 3.33. The lowest BCUT2D eigenvalue weighted by Gasteiger charge is -2.07. The molecule has 178 valence electrons. The largest absolute Gasteiger partial charge is 0.494 e. The summed E-state index contributed by atoms with van der Waals surface area (Å²) >= 11 is 0. The van der Waals surface area contributed by atoms with Gasteiger partial charge in [-0.3, -0.25) is 19.7 Å². The summed E-state index contributed by atoms with van der Waals surface area (Å²) in [5.74, 6) is 0.184. The van der Waals surface area contributed by atoms with Crippen molar-refractivity contribution >= 4 is 17.4 Å². The number of aromatic nitrogens is 2. The monoisotopic (exact) mass is 467 g/mol. The molecule has 0 radical (unpaired) electrons. The molecular formula is C24H25N3O7. The maximum Gasteiger partial charge on any atom is 0.306 e. The summed E-state index contributed by atoms with van der Waals surface area (Å²) in [6.07, 6.45) is 3.14. The maximum atomic E-state index is 12.3. The molecule has 2 aromatic carbocycles. The zero-order chi connectivity index (χ0) is 24.3. The highest BCUT2D eigenvalue weighted by molar-refractivity contribution is 5.97. The van der Waals surface area contributed by atoms with Crippen LogP contribution >= 0.6 is 0 Å². The summed E-state index contributed by atoms with van der Waals surface area (Å²) in [5.41, 5.74) is 0.940. The van der Waals surface area contributed by atoms with Crippen LogP contribution in [0.1, 0.15) is 55.3 Å². The quantitative estimate of drug-likeness (QED) is 0.113. The van der Waals surface area contributed by atoms with Crippen molar-refractivity contribution in [1.29, 1.82) is 0 Å². The van der Waals surface area contributed by atoms with Crippen molar-refractivity contribution in [1.82, 2.24) is 10.2 Å². The predicted molar refractivity (Wildman–Crippen MR) is 121 cm³/mol. The van der Waals surface area contributed by atoms with E-state index in [4.69, 9.17) is 13.9 Å². The molecule has 1 heterocycles. The molecule has 10 heteroatoms. The van der Waals surface area contributed by atoms with Gasteiger partial charge in [0, 0.05) is 29.7 Å². The summed E-state index contributed by atoms with van der Waals surface area (Å²) in [6, 6.07) is 12.5. The first-order chi connectivity index (χ1) is 16.5. The molecule has 10 nitrogen and oxygen atoms in total. The van der Waals surface area contributed by atoms with Gasteiger partial charge in [-0.25, -0.2) is 0 Å². The minimum Gasteiger partial charge on any atom is -0.494 e. The molecule has 0 spiro atoms. The molecule has 3 aromatic rings. The number of hydrogen-bond acceptors (Lipinski definition) is 9. The van der Waals surface area contributed by atoms with E-state index in [-0.39, 0.29) is 42.7 Å².